The topological polar surface area (TPSA) is 64.6 Å². The number of unbranched alkanes of at least 4 members (excludes halogenated alkanes) is 2. The average molecular weight is 416 g/mol. The Balaban J connectivity index is 1.77. The van der Waals surface area contributed by atoms with Crippen molar-refractivity contribution >= 4 is 28.2 Å². The lowest BCUT2D eigenvalue weighted by atomic mass is 9.95. The number of hydrogen-bond donors (Lipinski definition) is 1. The monoisotopic (exact) mass is 415 g/mol. The number of rotatable bonds is 9. The van der Waals surface area contributed by atoms with Crippen LogP contribution in [0.4, 0.5) is 5.00 Å². The summed E-state index contributed by atoms with van der Waals surface area (Å²) in [6, 6.07) is 7.18. The molecular weight excluding hydrogens is 386 g/mol. The van der Waals surface area contributed by atoms with E-state index in [2.05, 4.69) is 12.2 Å². The number of amides is 1. The Bertz CT molecular complexity index is 859. The molecule has 0 saturated heterocycles. The molecule has 0 bridgehead atoms. The number of nitrogens with one attached hydrogen (secondary N) is 1. The Morgan fingerprint density at radius 1 is 1.14 bits per heavy atom. The predicted molar refractivity (Wildman–Crippen MR) is 116 cm³/mol. The van der Waals surface area contributed by atoms with Crippen LogP contribution in [0.3, 0.4) is 0 Å². The largest absolute Gasteiger partial charge is 0.494 e. The molecule has 0 radical (unpaired) electrons. The van der Waals surface area contributed by atoms with Crippen molar-refractivity contribution in [2.75, 3.05) is 18.5 Å². The molecule has 29 heavy (non-hydrogen) atoms. The van der Waals surface area contributed by atoms with E-state index < -0.39 is 0 Å². The van der Waals surface area contributed by atoms with Gasteiger partial charge >= 0.3 is 5.97 Å². The van der Waals surface area contributed by atoms with Gasteiger partial charge < -0.3 is 14.8 Å². The Morgan fingerprint density at radius 2 is 1.97 bits per heavy atom. The van der Waals surface area contributed by atoms with Gasteiger partial charge in [-0.25, -0.2) is 4.79 Å². The second kappa shape index (κ2) is 10.4. The molecule has 156 valence electrons. The number of esters is 1. The van der Waals surface area contributed by atoms with Crippen LogP contribution in [0, 0.1) is 0 Å². The van der Waals surface area contributed by atoms with Crippen LogP contribution in [0.2, 0.25) is 0 Å². The molecule has 1 aromatic carbocycles. The van der Waals surface area contributed by atoms with E-state index in [0.717, 1.165) is 50.5 Å². The smallest absolute Gasteiger partial charge is 0.341 e. The molecule has 0 fully saturated rings. The second-order valence-corrected chi connectivity index (χ2v) is 8.28. The third-order valence-electron chi connectivity index (χ3n) is 4.99. The summed E-state index contributed by atoms with van der Waals surface area (Å²) in [5.74, 6) is 0.0909. The molecule has 0 saturated carbocycles. The lowest BCUT2D eigenvalue weighted by molar-refractivity contribution is 0.0526. The van der Waals surface area contributed by atoms with Crippen LogP contribution in [-0.4, -0.2) is 25.1 Å². The van der Waals surface area contributed by atoms with E-state index in [1.807, 2.05) is 12.1 Å². The molecule has 1 amide bonds. The first-order chi connectivity index (χ1) is 14.1. The highest BCUT2D eigenvalue weighted by Crippen LogP contribution is 2.38. The fourth-order valence-electron chi connectivity index (χ4n) is 3.52. The zero-order chi connectivity index (χ0) is 20.6. The molecule has 1 aliphatic rings. The van der Waals surface area contributed by atoms with Crippen molar-refractivity contribution in [1.29, 1.82) is 0 Å². The number of fused-ring (bicyclic) bond motifs is 1. The Morgan fingerprint density at radius 3 is 2.76 bits per heavy atom. The van der Waals surface area contributed by atoms with Crippen LogP contribution in [-0.2, 0) is 17.6 Å². The summed E-state index contributed by atoms with van der Waals surface area (Å²) in [7, 11) is 0. The van der Waals surface area contributed by atoms with Gasteiger partial charge in [0.2, 0.25) is 0 Å². The molecule has 1 aliphatic carbocycles. The SMILES string of the molecule is CCCCCOc1cccc(C(=O)Nc2sc3c(c2C(=O)OCC)CCCC3)c1. The van der Waals surface area contributed by atoms with Gasteiger partial charge in [-0.1, -0.05) is 25.8 Å². The van der Waals surface area contributed by atoms with Crippen molar-refractivity contribution in [3.8, 4) is 5.75 Å². The first kappa shape index (κ1) is 21.4. The normalized spacial score (nSPS) is 12.9. The maximum Gasteiger partial charge on any atom is 0.341 e. The third-order valence-corrected chi connectivity index (χ3v) is 6.20. The molecule has 6 heteroatoms. The Hall–Kier alpha value is -2.34. The first-order valence-corrected chi connectivity index (χ1v) is 11.3. The molecule has 0 spiro atoms. The van der Waals surface area contributed by atoms with Gasteiger partial charge in [0.15, 0.2) is 0 Å². The fourth-order valence-corrected chi connectivity index (χ4v) is 4.79. The molecule has 1 N–H and O–H groups in total. The Labute approximate surface area is 176 Å². The van der Waals surface area contributed by atoms with E-state index in [4.69, 9.17) is 9.47 Å². The number of hydrogen-bond acceptors (Lipinski definition) is 5. The van der Waals surface area contributed by atoms with Crippen LogP contribution in [0.15, 0.2) is 24.3 Å². The van der Waals surface area contributed by atoms with Crippen molar-refractivity contribution in [2.24, 2.45) is 0 Å². The highest BCUT2D eigenvalue weighted by molar-refractivity contribution is 7.17. The van der Waals surface area contributed by atoms with Crippen LogP contribution < -0.4 is 10.1 Å². The zero-order valence-corrected chi connectivity index (χ0v) is 18.0. The molecule has 1 aromatic heterocycles. The van der Waals surface area contributed by atoms with Gasteiger partial charge in [0.25, 0.3) is 5.91 Å². The van der Waals surface area contributed by atoms with Crippen LogP contribution >= 0.6 is 11.3 Å². The predicted octanol–water partition coefficient (Wildman–Crippen LogP) is 5.62. The van der Waals surface area contributed by atoms with Gasteiger partial charge in [0, 0.05) is 10.4 Å². The molecule has 0 aliphatic heterocycles. The zero-order valence-electron chi connectivity index (χ0n) is 17.2. The molecule has 0 unspecified atom stereocenters. The number of anilines is 1. The van der Waals surface area contributed by atoms with Gasteiger partial charge in [-0.15, -0.1) is 11.3 Å². The quantitative estimate of drug-likeness (QED) is 0.426. The summed E-state index contributed by atoms with van der Waals surface area (Å²) in [5, 5.41) is 3.54. The van der Waals surface area contributed by atoms with Crippen molar-refractivity contribution in [3.63, 3.8) is 0 Å². The van der Waals surface area contributed by atoms with Crippen LogP contribution in [0.25, 0.3) is 0 Å². The minimum atomic E-state index is -0.352. The molecule has 3 rings (SSSR count). The number of carbonyl (C=O) groups is 2. The highest BCUT2D eigenvalue weighted by Gasteiger charge is 2.27. The highest BCUT2D eigenvalue weighted by atomic mass is 32.1. The first-order valence-electron chi connectivity index (χ1n) is 10.5. The van der Waals surface area contributed by atoms with Crippen molar-refractivity contribution in [2.45, 2.75) is 58.8 Å². The lowest BCUT2D eigenvalue weighted by Crippen LogP contribution is -2.16. The van der Waals surface area contributed by atoms with E-state index in [0.29, 0.717) is 35.1 Å². The summed E-state index contributed by atoms with van der Waals surface area (Å²) in [4.78, 5) is 26.6. The summed E-state index contributed by atoms with van der Waals surface area (Å²) < 4.78 is 11.0. The molecule has 2 aromatic rings. The maximum absolute atomic E-state index is 12.9. The average Bonchev–Trinajstić information content (AvgIpc) is 3.09. The van der Waals surface area contributed by atoms with Gasteiger partial charge in [-0.3, -0.25) is 4.79 Å². The van der Waals surface area contributed by atoms with E-state index in [1.54, 1.807) is 19.1 Å². The van der Waals surface area contributed by atoms with Crippen LogP contribution in [0.1, 0.15) is 77.1 Å². The van der Waals surface area contributed by atoms with Gasteiger partial charge in [0.05, 0.1) is 18.8 Å². The number of thiophene rings is 1. The number of aryl methyl sites for hydroxylation is 1. The van der Waals surface area contributed by atoms with Crippen LogP contribution in [0.5, 0.6) is 5.75 Å². The van der Waals surface area contributed by atoms with Gasteiger partial charge in [-0.2, -0.15) is 0 Å². The van der Waals surface area contributed by atoms with E-state index >= 15 is 0 Å². The standard InChI is InChI=1S/C23H29NO4S/c1-3-5-8-14-28-17-11-9-10-16(15-17)21(25)24-22-20(23(26)27-4-2)18-12-6-7-13-19(18)29-22/h9-11,15H,3-8,12-14H2,1-2H3,(H,24,25). The lowest BCUT2D eigenvalue weighted by Gasteiger charge is -2.12. The third kappa shape index (κ3) is 5.38. The summed E-state index contributed by atoms with van der Waals surface area (Å²) in [5.41, 5.74) is 2.09. The molecular formula is C23H29NO4S. The fraction of sp³-hybridized carbons (Fsp3) is 0.478. The summed E-state index contributed by atoms with van der Waals surface area (Å²) >= 11 is 1.50. The van der Waals surface area contributed by atoms with E-state index in [-0.39, 0.29) is 11.9 Å². The number of benzene rings is 1. The van der Waals surface area contributed by atoms with Crippen molar-refractivity contribution in [3.05, 3.63) is 45.8 Å². The van der Waals surface area contributed by atoms with Gasteiger partial charge in [-0.05, 0) is 62.8 Å². The summed E-state index contributed by atoms with van der Waals surface area (Å²) in [6.45, 7) is 4.90. The molecule has 1 heterocycles. The van der Waals surface area contributed by atoms with Crippen molar-refractivity contribution in [1.82, 2.24) is 0 Å². The minimum Gasteiger partial charge on any atom is -0.494 e. The molecule has 0 atom stereocenters. The second-order valence-electron chi connectivity index (χ2n) is 7.17. The minimum absolute atomic E-state index is 0.242. The Kier molecular flexibility index (Phi) is 7.69. The van der Waals surface area contributed by atoms with Crippen molar-refractivity contribution < 1.29 is 19.1 Å². The maximum atomic E-state index is 12.9. The van der Waals surface area contributed by atoms with E-state index in [9.17, 15) is 9.59 Å². The van der Waals surface area contributed by atoms with Gasteiger partial charge in [0.1, 0.15) is 10.8 Å². The number of carbonyl (C=O) groups excluding carboxylic acids is 2. The summed E-state index contributed by atoms with van der Waals surface area (Å²) in [6.07, 6.45) is 7.23. The number of ether oxygens (including phenoxy) is 2. The molecule has 5 nitrogen and oxygen atoms in total. The van der Waals surface area contributed by atoms with E-state index in [1.165, 1.54) is 16.2 Å².